The monoisotopic (exact) mass is 233 g/mol. The summed E-state index contributed by atoms with van der Waals surface area (Å²) in [7, 11) is 0. The molecule has 17 heavy (non-hydrogen) atoms. The van der Waals surface area contributed by atoms with Crippen molar-refractivity contribution in [1.82, 2.24) is 0 Å². The molecular weight excluding hydrogens is 214 g/mol. The van der Waals surface area contributed by atoms with Gasteiger partial charge >= 0.3 is 0 Å². The van der Waals surface area contributed by atoms with E-state index in [9.17, 15) is 10.2 Å². The van der Waals surface area contributed by atoms with Crippen LogP contribution >= 0.6 is 0 Å². The first-order chi connectivity index (χ1) is 8.21. The minimum atomic E-state index is -1.02. The van der Waals surface area contributed by atoms with Crippen LogP contribution < -0.4 is 0 Å². The molecule has 0 spiro atoms. The van der Waals surface area contributed by atoms with E-state index < -0.39 is 11.7 Å². The molecule has 1 fully saturated rings. The molecule has 1 aliphatic carbocycles. The van der Waals surface area contributed by atoms with Crippen LogP contribution in [0, 0.1) is 0 Å². The highest BCUT2D eigenvalue weighted by Crippen LogP contribution is 2.28. The van der Waals surface area contributed by atoms with Crippen molar-refractivity contribution in [3.8, 4) is 0 Å². The number of rotatable bonds is 3. The van der Waals surface area contributed by atoms with Crippen molar-refractivity contribution in [3.05, 3.63) is 35.9 Å². The van der Waals surface area contributed by atoms with E-state index >= 15 is 0 Å². The normalized spacial score (nSPS) is 29.6. The zero-order chi connectivity index (χ0) is 12.1. The number of aliphatic hydroxyl groups is 2. The zero-order valence-electron chi connectivity index (χ0n) is 9.92. The van der Waals surface area contributed by atoms with E-state index in [1.807, 2.05) is 30.3 Å². The van der Waals surface area contributed by atoms with Gasteiger partial charge in [-0.3, -0.25) is 4.99 Å². The Morgan fingerprint density at radius 3 is 2.76 bits per heavy atom. The van der Waals surface area contributed by atoms with Crippen LogP contribution in [0.25, 0.3) is 0 Å². The van der Waals surface area contributed by atoms with Crippen LogP contribution in [0.5, 0.6) is 0 Å². The van der Waals surface area contributed by atoms with Crippen LogP contribution in [0.3, 0.4) is 0 Å². The van der Waals surface area contributed by atoms with Gasteiger partial charge in [-0.05, 0) is 18.4 Å². The van der Waals surface area contributed by atoms with Crippen molar-refractivity contribution < 1.29 is 10.2 Å². The molecule has 0 radical (unpaired) electrons. The summed E-state index contributed by atoms with van der Waals surface area (Å²) in [6, 6.07) is 9.78. The maximum Gasteiger partial charge on any atom is 0.110 e. The third kappa shape index (κ3) is 3.14. The first-order valence-electron chi connectivity index (χ1n) is 6.16. The van der Waals surface area contributed by atoms with Gasteiger partial charge in [-0.25, -0.2) is 0 Å². The predicted molar refractivity (Wildman–Crippen MR) is 68.3 cm³/mol. The number of hydrogen-bond donors (Lipinski definition) is 2. The van der Waals surface area contributed by atoms with E-state index in [2.05, 4.69) is 4.99 Å². The maximum atomic E-state index is 10.3. The molecule has 0 amide bonds. The van der Waals surface area contributed by atoms with E-state index in [1.54, 1.807) is 6.21 Å². The maximum absolute atomic E-state index is 10.3. The quantitative estimate of drug-likeness (QED) is 0.782. The molecule has 2 atom stereocenters. The standard InChI is InChI=1S/C14H19NO2/c16-13-8-4-5-9-14(13,17)11-15-10-12-6-2-1-3-7-12/h1-3,6-7,10,13,16-17H,4-5,8-9,11H2/t13-,14+/m0/s1. The highest BCUT2D eigenvalue weighted by molar-refractivity contribution is 5.79. The lowest BCUT2D eigenvalue weighted by atomic mass is 9.82. The van der Waals surface area contributed by atoms with E-state index in [0.29, 0.717) is 12.8 Å². The molecule has 92 valence electrons. The second-order valence-electron chi connectivity index (χ2n) is 4.75. The summed E-state index contributed by atoms with van der Waals surface area (Å²) in [4.78, 5) is 4.25. The van der Waals surface area contributed by atoms with Crippen LogP contribution in [0.1, 0.15) is 31.2 Å². The Bertz CT molecular complexity index is 377. The lowest BCUT2D eigenvalue weighted by molar-refractivity contribution is -0.0921. The second kappa shape index (κ2) is 5.43. The first kappa shape index (κ1) is 12.3. The number of aliphatic hydroxyl groups excluding tert-OH is 1. The summed E-state index contributed by atoms with van der Waals surface area (Å²) >= 11 is 0. The number of nitrogens with zero attached hydrogens (tertiary/aromatic N) is 1. The van der Waals surface area contributed by atoms with Gasteiger partial charge in [0.15, 0.2) is 0 Å². The van der Waals surface area contributed by atoms with Gasteiger partial charge in [0.25, 0.3) is 0 Å². The Morgan fingerprint density at radius 2 is 2.06 bits per heavy atom. The lowest BCUT2D eigenvalue weighted by Gasteiger charge is -2.35. The summed E-state index contributed by atoms with van der Waals surface area (Å²) < 4.78 is 0. The van der Waals surface area contributed by atoms with E-state index in [0.717, 1.165) is 18.4 Å². The molecule has 3 nitrogen and oxygen atoms in total. The van der Waals surface area contributed by atoms with Gasteiger partial charge in [-0.1, -0.05) is 43.2 Å². The Balaban J connectivity index is 1.95. The molecule has 2 N–H and O–H groups in total. The van der Waals surface area contributed by atoms with Gasteiger partial charge < -0.3 is 10.2 Å². The van der Waals surface area contributed by atoms with Crippen molar-refractivity contribution in [2.24, 2.45) is 4.99 Å². The van der Waals surface area contributed by atoms with Gasteiger partial charge in [-0.2, -0.15) is 0 Å². The fraction of sp³-hybridized carbons (Fsp3) is 0.500. The van der Waals surface area contributed by atoms with Crippen molar-refractivity contribution in [1.29, 1.82) is 0 Å². The van der Waals surface area contributed by atoms with Gasteiger partial charge in [0.05, 0.1) is 12.6 Å². The van der Waals surface area contributed by atoms with Crippen LogP contribution in [-0.2, 0) is 0 Å². The molecule has 1 aliphatic rings. The van der Waals surface area contributed by atoms with E-state index in [1.165, 1.54) is 0 Å². The summed E-state index contributed by atoms with van der Waals surface area (Å²) in [5.74, 6) is 0. The van der Waals surface area contributed by atoms with Gasteiger partial charge in [-0.15, -0.1) is 0 Å². The summed E-state index contributed by atoms with van der Waals surface area (Å²) in [5.41, 5.74) is -0.00909. The molecule has 0 aliphatic heterocycles. The van der Waals surface area contributed by atoms with Crippen LogP contribution in [0.4, 0.5) is 0 Å². The Morgan fingerprint density at radius 1 is 1.29 bits per heavy atom. The van der Waals surface area contributed by atoms with Gasteiger partial charge in [0, 0.05) is 6.21 Å². The summed E-state index contributed by atoms with van der Waals surface area (Å²) in [6.45, 7) is 0.281. The minimum absolute atomic E-state index is 0.281. The third-order valence-electron chi connectivity index (χ3n) is 3.36. The van der Waals surface area contributed by atoms with Crippen molar-refractivity contribution in [3.63, 3.8) is 0 Å². The smallest absolute Gasteiger partial charge is 0.110 e. The van der Waals surface area contributed by atoms with E-state index in [4.69, 9.17) is 0 Å². The third-order valence-corrected chi connectivity index (χ3v) is 3.36. The lowest BCUT2D eigenvalue weighted by Crippen LogP contribution is -2.47. The van der Waals surface area contributed by atoms with Crippen molar-refractivity contribution >= 4 is 6.21 Å². The number of aliphatic imine (C=N–C) groups is 1. The fourth-order valence-corrected chi connectivity index (χ4v) is 2.24. The van der Waals surface area contributed by atoms with Crippen molar-refractivity contribution in [2.75, 3.05) is 6.54 Å². The molecule has 0 unspecified atom stereocenters. The fourth-order valence-electron chi connectivity index (χ4n) is 2.24. The average Bonchev–Trinajstić information content (AvgIpc) is 2.35. The van der Waals surface area contributed by atoms with E-state index in [-0.39, 0.29) is 6.54 Å². The molecular formula is C14H19NO2. The number of benzene rings is 1. The minimum Gasteiger partial charge on any atom is -0.390 e. The largest absolute Gasteiger partial charge is 0.390 e. The first-order valence-corrected chi connectivity index (χ1v) is 6.16. The molecule has 0 aromatic heterocycles. The SMILES string of the molecule is O[C@H]1CCCC[C@@]1(O)CN=Cc1ccccc1. The Hall–Kier alpha value is -1.19. The molecule has 1 aromatic carbocycles. The highest BCUT2D eigenvalue weighted by atomic mass is 16.3. The summed E-state index contributed by atoms with van der Waals surface area (Å²) in [6.07, 6.45) is 4.39. The topological polar surface area (TPSA) is 52.8 Å². The van der Waals surface area contributed by atoms with Crippen molar-refractivity contribution in [2.45, 2.75) is 37.4 Å². The zero-order valence-corrected chi connectivity index (χ0v) is 9.92. The number of hydrogen-bond acceptors (Lipinski definition) is 3. The molecule has 2 rings (SSSR count). The molecule has 3 heteroatoms. The average molecular weight is 233 g/mol. The predicted octanol–water partition coefficient (Wildman–Crippen LogP) is 1.77. The molecule has 0 bridgehead atoms. The van der Waals surface area contributed by atoms with Gasteiger partial charge in [0.1, 0.15) is 5.60 Å². The molecule has 1 aromatic rings. The van der Waals surface area contributed by atoms with Gasteiger partial charge in [0.2, 0.25) is 0 Å². The van der Waals surface area contributed by atoms with Crippen LogP contribution in [0.15, 0.2) is 35.3 Å². The Labute approximate surface area is 102 Å². The summed E-state index contributed by atoms with van der Waals surface area (Å²) in [5, 5.41) is 20.1. The molecule has 1 saturated carbocycles. The van der Waals surface area contributed by atoms with Crippen LogP contribution in [-0.4, -0.2) is 34.7 Å². The second-order valence-corrected chi connectivity index (χ2v) is 4.75. The van der Waals surface area contributed by atoms with Crippen LogP contribution in [0.2, 0.25) is 0 Å². The Kier molecular flexibility index (Phi) is 3.92. The molecule has 0 heterocycles. The molecule has 0 saturated heterocycles. The highest BCUT2D eigenvalue weighted by Gasteiger charge is 2.37.